The lowest BCUT2D eigenvalue weighted by Crippen LogP contribution is -2.17. The molecule has 1 aliphatic carbocycles. The Morgan fingerprint density at radius 1 is 1.00 bits per heavy atom. The van der Waals surface area contributed by atoms with E-state index >= 15 is 0 Å². The summed E-state index contributed by atoms with van der Waals surface area (Å²) in [6.45, 7) is 0. The number of H-pyrrole nitrogens is 1. The van der Waals surface area contributed by atoms with Crippen LogP contribution in [0.15, 0.2) is 65.4 Å². The molecule has 6 rings (SSSR count). The van der Waals surface area contributed by atoms with Crippen molar-refractivity contribution in [1.82, 2.24) is 20.1 Å². The Morgan fingerprint density at radius 2 is 1.91 bits per heavy atom. The lowest BCUT2D eigenvalue weighted by atomic mass is 10.0. The molecule has 0 saturated heterocycles. The highest BCUT2D eigenvalue weighted by Crippen LogP contribution is 2.37. The molecule has 0 unspecified atom stereocenters. The number of rotatable bonds is 4. The summed E-state index contributed by atoms with van der Waals surface area (Å²) >= 11 is 0. The molecule has 3 heterocycles. The number of ether oxygens (including phenoxy) is 1. The van der Waals surface area contributed by atoms with Crippen molar-refractivity contribution >= 4 is 10.9 Å². The van der Waals surface area contributed by atoms with Crippen molar-refractivity contribution in [2.75, 3.05) is 0 Å². The summed E-state index contributed by atoms with van der Waals surface area (Å²) in [5.41, 5.74) is 5.76. The van der Waals surface area contributed by atoms with Gasteiger partial charge in [-0.15, -0.1) is 13.2 Å². The molecular weight excluding hydrogens is 445 g/mol. The fraction of sp³-hybridized carbons (Fsp3) is 0.120. The van der Waals surface area contributed by atoms with Crippen molar-refractivity contribution in [3.63, 3.8) is 0 Å². The molecule has 0 amide bonds. The smallest absolute Gasteiger partial charge is 0.406 e. The van der Waals surface area contributed by atoms with Gasteiger partial charge in [-0.3, -0.25) is 4.98 Å². The number of aryl methyl sites for hydroxylation is 1. The van der Waals surface area contributed by atoms with E-state index in [-0.39, 0.29) is 11.6 Å². The van der Waals surface area contributed by atoms with E-state index in [4.69, 9.17) is 4.52 Å². The Hall–Kier alpha value is -4.14. The topological polar surface area (TPSA) is 76.8 Å². The number of nitrogens with zero attached hydrogens (tertiary/aromatic N) is 3. The average molecular weight is 461 g/mol. The summed E-state index contributed by atoms with van der Waals surface area (Å²) < 4.78 is 48.0. The Labute approximate surface area is 191 Å². The number of fused-ring (bicyclic) bond motifs is 3. The summed E-state index contributed by atoms with van der Waals surface area (Å²) in [6.07, 6.45) is 2.50. The number of aromatic amines is 1. The number of halogens is 3. The summed E-state index contributed by atoms with van der Waals surface area (Å²) in [5.74, 6) is 0.222. The summed E-state index contributed by atoms with van der Waals surface area (Å²) in [5, 5.41) is 5.26. The molecule has 1 aliphatic rings. The Balaban J connectivity index is 1.41. The first-order chi connectivity index (χ1) is 16.4. The van der Waals surface area contributed by atoms with Crippen molar-refractivity contribution in [2.24, 2.45) is 0 Å². The predicted octanol–water partition coefficient (Wildman–Crippen LogP) is 6.34. The molecule has 0 bridgehead atoms. The third-order valence-electron chi connectivity index (χ3n) is 5.79. The number of alkyl halides is 3. The fourth-order valence-corrected chi connectivity index (χ4v) is 4.33. The monoisotopic (exact) mass is 461 g/mol. The molecule has 0 aliphatic heterocycles. The van der Waals surface area contributed by atoms with Crippen LogP contribution in [0.2, 0.25) is 0 Å². The van der Waals surface area contributed by atoms with Gasteiger partial charge in [-0.05, 0) is 66.4 Å². The number of hydrogen-bond acceptors (Lipinski definition) is 5. The van der Waals surface area contributed by atoms with Crippen molar-refractivity contribution in [1.29, 1.82) is 0 Å². The second kappa shape index (κ2) is 7.72. The van der Waals surface area contributed by atoms with Crippen molar-refractivity contribution < 1.29 is 22.4 Å². The molecule has 6 nitrogen and oxygen atoms in total. The van der Waals surface area contributed by atoms with Crippen LogP contribution in [0.1, 0.15) is 17.7 Å². The summed E-state index contributed by atoms with van der Waals surface area (Å²) in [4.78, 5) is 12.0. The van der Waals surface area contributed by atoms with Crippen LogP contribution in [0.4, 0.5) is 13.2 Å². The molecule has 5 aromatic rings. The molecule has 0 saturated carbocycles. The van der Waals surface area contributed by atoms with E-state index in [9.17, 15) is 13.2 Å². The largest absolute Gasteiger partial charge is 0.573 e. The van der Waals surface area contributed by atoms with Crippen LogP contribution < -0.4 is 4.74 Å². The quantitative estimate of drug-likeness (QED) is 0.338. The van der Waals surface area contributed by atoms with E-state index in [1.165, 1.54) is 23.8 Å². The maximum Gasteiger partial charge on any atom is 0.573 e. The Morgan fingerprint density at radius 3 is 2.74 bits per heavy atom. The third kappa shape index (κ3) is 3.68. The van der Waals surface area contributed by atoms with Crippen molar-refractivity contribution in [3.05, 3.63) is 78.6 Å². The average Bonchev–Trinajstić information content (AvgIpc) is 3.55. The van der Waals surface area contributed by atoms with Gasteiger partial charge in [0.05, 0.1) is 0 Å². The number of hydrogen-bond donors (Lipinski definition) is 1. The van der Waals surface area contributed by atoms with E-state index in [1.807, 2.05) is 18.2 Å². The van der Waals surface area contributed by atoms with Crippen LogP contribution >= 0.6 is 0 Å². The first-order valence-electron chi connectivity index (χ1n) is 10.6. The highest BCUT2D eigenvalue weighted by atomic mass is 19.4. The maximum atomic E-state index is 12.8. The van der Waals surface area contributed by atoms with E-state index in [2.05, 4.69) is 31.3 Å². The van der Waals surface area contributed by atoms with Gasteiger partial charge in [0, 0.05) is 52.1 Å². The minimum absolute atomic E-state index is 0.181. The molecule has 1 radical (unpaired) electrons. The molecule has 0 spiro atoms. The minimum Gasteiger partial charge on any atom is -0.406 e. The molecule has 3 aromatic heterocycles. The zero-order chi connectivity index (χ0) is 23.3. The maximum absolute atomic E-state index is 12.8. The zero-order valence-electron chi connectivity index (χ0n) is 17.6. The standard InChI is InChI=1S/C25H16F3N4O2/c26-25(27,28)33-16-7-8-18(19(12-16)15-3-2-10-29-13-15)24-31-23(32-34-24)14-6-9-22-20(11-14)17-4-1-5-21(17)30-22/h2-3,5-13,30H,1,4H2. The Bertz CT molecular complexity index is 1510. The number of benzene rings is 2. The van der Waals surface area contributed by atoms with Crippen LogP contribution in [0, 0.1) is 6.42 Å². The lowest BCUT2D eigenvalue weighted by Gasteiger charge is -2.12. The molecular formula is C25H16F3N4O2. The second-order valence-electron chi connectivity index (χ2n) is 7.94. The lowest BCUT2D eigenvalue weighted by molar-refractivity contribution is -0.274. The van der Waals surface area contributed by atoms with Gasteiger partial charge in [0.15, 0.2) is 0 Å². The van der Waals surface area contributed by atoms with E-state index in [0.29, 0.717) is 22.5 Å². The van der Waals surface area contributed by atoms with Crippen LogP contribution in [-0.4, -0.2) is 26.5 Å². The first kappa shape index (κ1) is 20.5. The van der Waals surface area contributed by atoms with Crippen LogP contribution in [-0.2, 0) is 6.42 Å². The van der Waals surface area contributed by atoms with Gasteiger partial charge in [-0.25, -0.2) is 0 Å². The van der Waals surface area contributed by atoms with Crippen molar-refractivity contribution in [3.8, 4) is 39.7 Å². The normalized spacial score (nSPS) is 13.4. The summed E-state index contributed by atoms with van der Waals surface area (Å²) in [6, 6.07) is 13.3. The van der Waals surface area contributed by atoms with Crippen molar-refractivity contribution in [2.45, 2.75) is 19.2 Å². The Kier molecular flexibility index (Phi) is 4.65. The van der Waals surface area contributed by atoms with E-state index < -0.39 is 6.36 Å². The molecule has 0 atom stereocenters. The van der Waals surface area contributed by atoms with Gasteiger partial charge in [0.1, 0.15) is 5.75 Å². The molecule has 0 fully saturated rings. The minimum atomic E-state index is -4.81. The van der Waals surface area contributed by atoms with Gasteiger partial charge in [0.2, 0.25) is 5.82 Å². The summed E-state index contributed by atoms with van der Waals surface area (Å²) in [7, 11) is 0. The third-order valence-corrected chi connectivity index (χ3v) is 5.79. The SMILES string of the molecule is FC(F)(F)Oc1ccc(-c2nc(-c3ccc4[nH]c5c(c4c3)CC[CH]5)no2)c(-c2cccnc2)c1. The fourth-order valence-electron chi connectivity index (χ4n) is 4.33. The number of nitrogens with one attached hydrogen (secondary N) is 1. The molecule has 1 N–H and O–H groups in total. The molecule has 34 heavy (non-hydrogen) atoms. The predicted molar refractivity (Wildman–Crippen MR) is 119 cm³/mol. The zero-order valence-corrected chi connectivity index (χ0v) is 17.6. The van der Waals surface area contributed by atoms with Gasteiger partial charge in [-0.2, -0.15) is 4.98 Å². The van der Waals surface area contributed by atoms with Gasteiger partial charge >= 0.3 is 6.36 Å². The first-order valence-corrected chi connectivity index (χ1v) is 10.6. The number of aromatic nitrogens is 4. The number of pyridine rings is 1. The van der Waals surface area contributed by atoms with Crippen LogP contribution in [0.25, 0.3) is 44.9 Å². The molecule has 169 valence electrons. The van der Waals surface area contributed by atoms with E-state index in [0.717, 1.165) is 35.0 Å². The molecule has 9 heteroatoms. The second-order valence-corrected chi connectivity index (χ2v) is 7.94. The highest BCUT2D eigenvalue weighted by molar-refractivity contribution is 5.89. The molecule has 2 aromatic carbocycles. The van der Waals surface area contributed by atoms with Crippen LogP contribution in [0.5, 0.6) is 5.75 Å². The van der Waals surface area contributed by atoms with Crippen LogP contribution in [0.3, 0.4) is 0 Å². The highest BCUT2D eigenvalue weighted by Gasteiger charge is 2.31. The van der Waals surface area contributed by atoms with Gasteiger partial charge in [-0.1, -0.05) is 11.2 Å². The van der Waals surface area contributed by atoms with Gasteiger partial charge in [0.25, 0.3) is 5.89 Å². The van der Waals surface area contributed by atoms with E-state index in [1.54, 1.807) is 24.5 Å². The van der Waals surface area contributed by atoms with Gasteiger partial charge < -0.3 is 14.2 Å².